The first-order valence-electron chi connectivity index (χ1n) is 5.84. The van der Waals surface area contributed by atoms with E-state index in [1.807, 2.05) is 30.3 Å². The molecule has 1 unspecified atom stereocenters. The minimum Gasteiger partial charge on any atom is -0.354 e. The molecule has 1 aromatic rings. The molecule has 0 fully saturated rings. The van der Waals surface area contributed by atoms with E-state index < -0.39 is 6.04 Å². The molecule has 96 valence electrons. The molecular weight excluding hydrogens is 236 g/mol. The topological polar surface area (TPSA) is 55.1 Å². The van der Waals surface area contributed by atoms with E-state index in [9.17, 15) is 4.79 Å². The number of carbonyl (C=O) groups is 1. The van der Waals surface area contributed by atoms with Crippen molar-refractivity contribution in [3.05, 3.63) is 35.9 Å². The molecule has 0 aliphatic carbocycles. The van der Waals surface area contributed by atoms with E-state index >= 15 is 0 Å². The lowest BCUT2D eigenvalue weighted by atomic mass is 10.1. The van der Waals surface area contributed by atoms with Gasteiger partial charge in [0, 0.05) is 6.54 Å². The van der Waals surface area contributed by atoms with Gasteiger partial charge in [0.2, 0.25) is 5.91 Å². The van der Waals surface area contributed by atoms with Gasteiger partial charge in [-0.25, -0.2) is 0 Å². The van der Waals surface area contributed by atoms with E-state index in [1.54, 1.807) is 0 Å². The molecule has 3 N–H and O–H groups in total. The third-order valence-electron chi connectivity index (χ3n) is 2.52. The Bertz CT molecular complexity index is 316. The Labute approximate surface area is 109 Å². The molecule has 0 bridgehead atoms. The summed E-state index contributed by atoms with van der Waals surface area (Å²) in [5.74, 6) is -0.0951. The molecule has 0 aromatic heterocycles. The van der Waals surface area contributed by atoms with E-state index in [4.69, 9.17) is 5.73 Å². The SMILES string of the molecule is CCCCCNC(=O)C(N)c1ccccc1.Cl. The van der Waals surface area contributed by atoms with Crippen molar-refractivity contribution in [1.29, 1.82) is 0 Å². The van der Waals surface area contributed by atoms with Gasteiger partial charge < -0.3 is 11.1 Å². The highest BCUT2D eigenvalue weighted by Crippen LogP contribution is 2.09. The van der Waals surface area contributed by atoms with E-state index in [-0.39, 0.29) is 18.3 Å². The molecule has 1 amide bonds. The second-order valence-corrected chi connectivity index (χ2v) is 3.89. The molecule has 0 saturated carbocycles. The minimum atomic E-state index is -0.553. The maximum absolute atomic E-state index is 11.7. The van der Waals surface area contributed by atoms with Gasteiger partial charge in [-0.05, 0) is 12.0 Å². The summed E-state index contributed by atoms with van der Waals surface area (Å²) in [6.45, 7) is 2.85. The molecule has 3 nitrogen and oxygen atoms in total. The number of hydrogen-bond donors (Lipinski definition) is 2. The standard InChI is InChI=1S/C13H20N2O.ClH/c1-2-3-7-10-15-13(16)12(14)11-8-5-4-6-9-11;/h4-6,8-9,12H,2-3,7,10,14H2,1H3,(H,15,16);1H. The summed E-state index contributed by atoms with van der Waals surface area (Å²) in [5, 5.41) is 2.85. The molecule has 0 aliphatic heterocycles. The number of halogens is 1. The zero-order valence-electron chi connectivity index (χ0n) is 10.2. The summed E-state index contributed by atoms with van der Waals surface area (Å²) >= 11 is 0. The van der Waals surface area contributed by atoms with Crippen molar-refractivity contribution < 1.29 is 4.79 Å². The average molecular weight is 257 g/mol. The van der Waals surface area contributed by atoms with Crippen LogP contribution in [0.2, 0.25) is 0 Å². The summed E-state index contributed by atoms with van der Waals surface area (Å²) in [5.41, 5.74) is 6.70. The summed E-state index contributed by atoms with van der Waals surface area (Å²) in [6, 6.07) is 8.88. The Kier molecular flexibility index (Phi) is 8.46. The predicted molar refractivity (Wildman–Crippen MR) is 73.2 cm³/mol. The summed E-state index contributed by atoms with van der Waals surface area (Å²) in [7, 11) is 0. The molecular formula is C13H21ClN2O. The maximum atomic E-state index is 11.7. The zero-order valence-corrected chi connectivity index (χ0v) is 11.0. The van der Waals surface area contributed by atoms with Gasteiger partial charge in [-0.15, -0.1) is 12.4 Å². The minimum absolute atomic E-state index is 0. The molecule has 0 heterocycles. The van der Waals surface area contributed by atoms with Crippen molar-refractivity contribution in [1.82, 2.24) is 5.32 Å². The molecule has 1 aromatic carbocycles. The largest absolute Gasteiger partial charge is 0.354 e. The smallest absolute Gasteiger partial charge is 0.241 e. The maximum Gasteiger partial charge on any atom is 0.241 e. The lowest BCUT2D eigenvalue weighted by molar-refractivity contribution is -0.122. The number of amides is 1. The molecule has 4 heteroatoms. The molecule has 0 spiro atoms. The van der Waals surface area contributed by atoms with Gasteiger partial charge in [0.1, 0.15) is 6.04 Å². The second-order valence-electron chi connectivity index (χ2n) is 3.89. The Morgan fingerprint density at radius 2 is 1.94 bits per heavy atom. The van der Waals surface area contributed by atoms with Gasteiger partial charge in [0.05, 0.1) is 0 Å². The van der Waals surface area contributed by atoms with E-state index in [2.05, 4.69) is 12.2 Å². The number of nitrogens with one attached hydrogen (secondary N) is 1. The molecule has 0 aliphatic rings. The van der Waals surface area contributed by atoms with E-state index in [0.717, 1.165) is 24.8 Å². The first-order chi connectivity index (χ1) is 7.75. The number of rotatable bonds is 6. The first-order valence-corrected chi connectivity index (χ1v) is 5.84. The lowest BCUT2D eigenvalue weighted by Gasteiger charge is -2.12. The first kappa shape index (κ1) is 15.9. The Hall–Kier alpha value is -1.06. The van der Waals surface area contributed by atoms with Crippen molar-refractivity contribution in [2.24, 2.45) is 5.73 Å². The fourth-order valence-electron chi connectivity index (χ4n) is 1.51. The predicted octanol–water partition coefficient (Wildman–Crippen LogP) is 2.41. The Morgan fingerprint density at radius 1 is 1.29 bits per heavy atom. The lowest BCUT2D eigenvalue weighted by Crippen LogP contribution is -2.34. The number of benzene rings is 1. The van der Waals surface area contributed by atoms with Crippen LogP contribution in [0.3, 0.4) is 0 Å². The van der Waals surface area contributed by atoms with Crippen LogP contribution in [0.15, 0.2) is 30.3 Å². The summed E-state index contributed by atoms with van der Waals surface area (Å²) in [4.78, 5) is 11.7. The van der Waals surface area contributed by atoms with Crippen molar-refractivity contribution >= 4 is 18.3 Å². The molecule has 1 atom stereocenters. The fraction of sp³-hybridized carbons (Fsp3) is 0.462. The van der Waals surface area contributed by atoms with Crippen molar-refractivity contribution in [3.63, 3.8) is 0 Å². The highest BCUT2D eigenvalue weighted by Gasteiger charge is 2.13. The second kappa shape index (κ2) is 9.02. The number of hydrogen-bond acceptors (Lipinski definition) is 2. The third kappa shape index (κ3) is 5.71. The normalized spacial score (nSPS) is 11.4. The fourth-order valence-corrected chi connectivity index (χ4v) is 1.51. The van der Waals surface area contributed by atoms with E-state index in [1.165, 1.54) is 0 Å². The number of unbranched alkanes of at least 4 members (excludes halogenated alkanes) is 2. The van der Waals surface area contributed by atoms with Crippen LogP contribution in [0, 0.1) is 0 Å². The van der Waals surface area contributed by atoms with Gasteiger partial charge in [0.15, 0.2) is 0 Å². The van der Waals surface area contributed by atoms with Crippen molar-refractivity contribution in [2.45, 2.75) is 32.2 Å². The Morgan fingerprint density at radius 3 is 2.53 bits per heavy atom. The van der Waals surface area contributed by atoms with Crippen LogP contribution >= 0.6 is 12.4 Å². The van der Waals surface area contributed by atoms with Crippen molar-refractivity contribution in [2.75, 3.05) is 6.54 Å². The molecule has 0 saturated heterocycles. The van der Waals surface area contributed by atoms with Gasteiger partial charge in [-0.3, -0.25) is 4.79 Å². The van der Waals surface area contributed by atoms with Crippen LogP contribution < -0.4 is 11.1 Å². The Balaban J connectivity index is 0.00000256. The van der Waals surface area contributed by atoms with Crippen LogP contribution in [0.25, 0.3) is 0 Å². The highest BCUT2D eigenvalue weighted by molar-refractivity contribution is 5.85. The average Bonchev–Trinajstić information content (AvgIpc) is 2.34. The van der Waals surface area contributed by atoms with Crippen LogP contribution in [0.4, 0.5) is 0 Å². The highest BCUT2D eigenvalue weighted by atomic mass is 35.5. The van der Waals surface area contributed by atoms with Gasteiger partial charge in [0.25, 0.3) is 0 Å². The van der Waals surface area contributed by atoms with Crippen LogP contribution in [-0.4, -0.2) is 12.5 Å². The van der Waals surface area contributed by atoms with E-state index in [0.29, 0.717) is 6.54 Å². The van der Waals surface area contributed by atoms with Gasteiger partial charge in [-0.1, -0.05) is 50.1 Å². The van der Waals surface area contributed by atoms with Crippen molar-refractivity contribution in [3.8, 4) is 0 Å². The molecule has 17 heavy (non-hydrogen) atoms. The number of carbonyl (C=O) groups excluding carboxylic acids is 1. The third-order valence-corrected chi connectivity index (χ3v) is 2.52. The summed E-state index contributed by atoms with van der Waals surface area (Å²) in [6.07, 6.45) is 3.31. The van der Waals surface area contributed by atoms with Gasteiger partial charge >= 0.3 is 0 Å². The molecule has 1 rings (SSSR count). The monoisotopic (exact) mass is 256 g/mol. The zero-order chi connectivity index (χ0) is 11.8. The van der Waals surface area contributed by atoms with Gasteiger partial charge in [-0.2, -0.15) is 0 Å². The quantitative estimate of drug-likeness (QED) is 0.768. The number of nitrogens with two attached hydrogens (primary N) is 1. The van der Waals surface area contributed by atoms with Crippen LogP contribution in [-0.2, 0) is 4.79 Å². The summed E-state index contributed by atoms with van der Waals surface area (Å²) < 4.78 is 0. The van der Waals surface area contributed by atoms with Crippen LogP contribution in [0.5, 0.6) is 0 Å². The van der Waals surface area contributed by atoms with Crippen LogP contribution in [0.1, 0.15) is 37.8 Å². The molecule has 0 radical (unpaired) electrons.